The van der Waals surface area contributed by atoms with Gasteiger partial charge in [-0.2, -0.15) is 0 Å². The number of aryl methyl sites for hydroxylation is 1. The first-order valence-corrected chi connectivity index (χ1v) is 8.23. The van der Waals surface area contributed by atoms with E-state index in [9.17, 15) is 0 Å². The lowest BCUT2D eigenvalue weighted by molar-refractivity contribution is 0.0722. The summed E-state index contributed by atoms with van der Waals surface area (Å²) in [5.41, 5.74) is 1.23. The fourth-order valence-corrected chi connectivity index (χ4v) is 2.94. The Morgan fingerprint density at radius 2 is 2.05 bits per heavy atom. The van der Waals surface area contributed by atoms with E-state index < -0.39 is 0 Å². The molecule has 1 rings (SSSR count). The molecule has 4 nitrogen and oxygen atoms in total. The van der Waals surface area contributed by atoms with Crippen LogP contribution in [0.15, 0.2) is 0 Å². The lowest BCUT2D eigenvalue weighted by Gasteiger charge is -2.06. The molecule has 0 saturated carbocycles. The Kier molecular flexibility index (Phi) is 9.02. The van der Waals surface area contributed by atoms with Crippen LogP contribution >= 0.6 is 11.3 Å². The number of hydrogen-bond acceptors (Lipinski definition) is 5. The zero-order valence-corrected chi connectivity index (χ0v) is 14.0. The summed E-state index contributed by atoms with van der Waals surface area (Å²) in [6.45, 7) is 10.6. The highest BCUT2D eigenvalue weighted by molar-refractivity contribution is 7.11. The summed E-state index contributed by atoms with van der Waals surface area (Å²) in [4.78, 5) is 6.09. The lowest BCUT2D eigenvalue weighted by atomic mass is 10.2. The first kappa shape index (κ1) is 17.6. The van der Waals surface area contributed by atoms with Gasteiger partial charge in [0.05, 0.1) is 30.5 Å². The van der Waals surface area contributed by atoms with Crippen LogP contribution in [0.2, 0.25) is 0 Å². The van der Waals surface area contributed by atoms with Gasteiger partial charge < -0.3 is 14.8 Å². The molecule has 20 heavy (non-hydrogen) atoms. The Morgan fingerprint density at radius 3 is 2.70 bits per heavy atom. The van der Waals surface area contributed by atoms with E-state index >= 15 is 0 Å². The first-order valence-electron chi connectivity index (χ1n) is 7.42. The van der Waals surface area contributed by atoms with Crippen LogP contribution in [0.1, 0.15) is 36.3 Å². The van der Waals surface area contributed by atoms with Gasteiger partial charge in [0, 0.05) is 25.0 Å². The predicted octanol–water partition coefficient (Wildman–Crippen LogP) is 2.66. The maximum atomic E-state index is 5.50. The van der Waals surface area contributed by atoms with Gasteiger partial charge in [0.1, 0.15) is 0 Å². The molecule has 0 aliphatic rings. The zero-order valence-electron chi connectivity index (χ0n) is 13.2. The molecule has 0 spiro atoms. The molecule has 0 radical (unpaired) electrons. The number of nitrogens with zero attached hydrogens (tertiary/aromatic N) is 1. The summed E-state index contributed by atoms with van der Waals surface area (Å²) in [6.07, 6.45) is 1.89. The third-order valence-electron chi connectivity index (χ3n) is 2.89. The second-order valence-electron chi connectivity index (χ2n) is 5.21. The van der Waals surface area contributed by atoms with Crippen molar-refractivity contribution in [2.75, 3.05) is 33.5 Å². The predicted molar refractivity (Wildman–Crippen MR) is 84.4 cm³/mol. The summed E-state index contributed by atoms with van der Waals surface area (Å²) in [5.74, 6) is 0.682. The van der Waals surface area contributed by atoms with E-state index in [0.717, 1.165) is 32.5 Å². The van der Waals surface area contributed by atoms with Gasteiger partial charge >= 0.3 is 0 Å². The van der Waals surface area contributed by atoms with Gasteiger partial charge in [-0.15, -0.1) is 11.3 Å². The number of thiazole rings is 1. The Balaban J connectivity index is 2.38. The molecule has 0 aromatic carbocycles. The van der Waals surface area contributed by atoms with Crippen molar-refractivity contribution in [1.29, 1.82) is 0 Å². The van der Waals surface area contributed by atoms with Crippen molar-refractivity contribution in [3.8, 4) is 0 Å². The highest BCUT2D eigenvalue weighted by Crippen LogP contribution is 2.19. The van der Waals surface area contributed by atoms with Crippen molar-refractivity contribution in [2.24, 2.45) is 5.92 Å². The van der Waals surface area contributed by atoms with Crippen LogP contribution in [-0.4, -0.2) is 38.5 Å². The van der Waals surface area contributed by atoms with E-state index in [2.05, 4.69) is 26.1 Å². The topological polar surface area (TPSA) is 43.4 Å². The van der Waals surface area contributed by atoms with E-state index in [1.807, 2.05) is 11.3 Å². The second-order valence-corrected chi connectivity index (χ2v) is 6.38. The quantitative estimate of drug-likeness (QED) is 0.638. The second kappa shape index (κ2) is 10.3. The Morgan fingerprint density at radius 1 is 1.25 bits per heavy atom. The highest BCUT2D eigenvalue weighted by Gasteiger charge is 2.09. The van der Waals surface area contributed by atoms with Gasteiger partial charge in [-0.3, -0.25) is 0 Å². The van der Waals surface area contributed by atoms with Crippen molar-refractivity contribution in [1.82, 2.24) is 10.3 Å². The monoisotopic (exact) mass is 300 g/mol. The van der Waals surface area contributed by atoms with E-state index in [4.69, 9.17) is 14.5 Å². The van der Waals surface area contributed by atoms with E-state index in [1.165, 1.54) is 15.6 Å². The average Bonchev–Trinajstić information content (AvgIpc) is 2.80. The summed E-state index contributed by atoms with van der Waals surface area (Å²) >= 11 is 1.81. The van der Waals surface area contributed by atoms with Crippen LogP contribution in [0.5, 0.6) is 0 Å². The maximum absolute atomic E-state index is 5.50. The number of ether oxygens (including phenoxy) is 2. The van der Waals surface area contributed by atoms with Crippen molar-refractivity contribution in [3.63, 3.8) is 0 Å². The number of methoxy groups -OCH3 is 1. The zero-order chi connectivity index (χ0) is 14.8. The van der Waals surface area contributed by atoms with Gasteiger partial charge in [0.2, 0.25) is 0 Å². The van der Waals surface area contributed by atoms with Crippen LogP contribution in [0, 0.1) is 5.92 Å². The third-order valence-corrected chi connectivity index (χ3v) is 4.05. The maximum Gasteiger partial charge on any atom is 0.0954 e. The number of aromatic nitrogens is 1. The molecular weight excluding hydrogens is 272 g/mol. The average molecular weight is 300 g/mol. The molecule has 116 valence electrons. The lowest BCUT2D eigenvalue weighted by Crippen LogP contribution is -2.18. The van der Waals surface area contributed by atoms with Gasteiger partial charge in [-0.25, -0.2) is 4.98 Å². The summed E-state index contributed by atoms with van der Waals surface area (Å²) in [5, 5.41) is 4.68. The van der Waals surface area contributed by atoms with Crippen LogP contribution in [0.4, 0.5) is 0 Å². The minimum absolute atomic E-state index is 0.655. The van der Waals surface area contributed by atoms with E-state index in [1.54, 1.807) is 7.11 Å². The SMILES string of the molecule is CCc1nc(CCOCCOC)sc1CNCC(C)C. The minimum Gasteiger partial charge on any atom is -0.382 e. The summed E-state index contributed by atoms with van der Waals surface area (Å²) < 4.78 is 10.5. The van der Waals surface area contributed by atoms with Crippen molar-refractivity contribution < 1.29 is 9.47 Å². The molecule has 1 aromatic rings. The van der Waals surface area contributed by atoms with Crippen molar-refractivity contribution in [2.45, 2.75) is 40.2 Å². The number of hydrogen-bond donors (Lipinski definition) is 1. The molecule has 1 aromatic heterocycles. The molecule has 5 heteroatoms. The summed E-state index contributed by atoms with van der Waals surface area (Å²) in [6, 6.07) is 0. The van der Waals surface area contributed by atoms with Crippen LogP contribution < -0.4 is 5.32 Å². The molecule has 0 fully saturated rings. The van der Waals surface area contributed by atoms with Crippen molar-refractivity contribution >= 4 is 11.3 Å². The molecule has 1 N–H and O–H groups in total. The van der Waals surface area contributed by atoms with Gasteiger partial charge in [0.15, 0.2) is 0 Å². The first-order chi connectivity index (χ1) is 9.67. The molecule has 0 aliphatic heterocycles. The standard InChI is InChI=1S/C15H28N2O2S/c1-5-13-14(11-16-10-12(2)3)20-15(17-13)6-7-19-9-8-18-4/h12,16H,5-11H2,1-4H3. The Labute approximate surface area is 126 Å². The Bertz CT molecular complexity index is 367. The molecular formula is C15H28N2O2S. The highest BCUT2D eigenvalue weighted by atomic mass is 32.1. The third kappa shape index (κ3) is 6.79. The fraction of sp³-hybridized carbons (Fsp3) is 0.800. The van der Waals surface area contributed by atoms with Gasteiger partial charge in [-0.05, 0) is 18.9 Å². The largest absolute Gasteiger partial charge is 0.382 e. The van der Waals surface area contributed by atoms with Gasteiger partial charge in [0.25, 0.3) is 0 Å². The van der Waals surface area contributed by atoms with Crippen LogP contribution in [0.25, 0.3) is 0 Å². The number of rotatable bonds is 11. The Hall–Kier alpha value is -0.490. The normalized spacial score (nSPS) is 11.4. The van der Waals surface area contributed by atoms with E-state index in [0.29, 0.717) is 19.1 Å². The van der Waals surface area contributed by atoms with Crippen LogP contribution in [0.3, 0.4) is 0 Å². The molecule has 0 aliphatic carbocycles. The fourth-order valence-electron chi connectivity index (χ4n) is 1.84. The smallest absolute Gasteiger partial charge is 0.0954 e. The minimum atomic E-state index is 0.655. The van der Waals surface area contributed by atoms with Gasteiger partial charge in [-0.1, -0.05) is 20.8 Å². The van der Waals surface area contributed by atoms with Crippen molar-refractivity contribution in [3.05, 3.63) is 15.6 Å². The molecule has 1 heterocycles. The molecule has 0 bridgehead atoms. The molecule has 0 saturated heterocycles. The molecule has 0 amide bonds. The van der Waals surface area contributed by atoms with Crippen LogP contribution in [-0.2, 0) is 28.9 Å². The van der Waals surface area contributed by atoms with E-state index in [-0.39, 0.29) is 0 Å². The molecule has 0 unspecified atom stereocenters. The molecule has 0 atom stereocenters. The summed E-state index contributed by atoms with van der Waals surface area (Å²) in [7, 11) is 1.69. The number of nitrogens with one attached hydrogen (secondary N) is 1.